The second-order valence-corrected chi connectivity index (χ2v) is 4.83. The van der Waals surface area contributed by atoms with Gasteiger partial charge in [0.05, 0.1) is 0 Å². The Morgan fingerprint density at radius 1 is 1.32 bits per heavy atom. The highest BCUT2D eigenvalue weighted by atomic mass is 16.1. The molecule has 0 bridgehead atoms. The number of nitrogens with one attached hydrogen (secondary N) is 1. The summed E-state index contributed by atoms with van der Waals surface area (Å²) in [6, 6.07) is 2.10. The first-order chi connectivity index (χ1) is 9.08. The first-order valence-corrected chi connectivity index (χ1v) is 7.25. The number of nitrogens with zero attached hydrogens (tertiary/aromatic N) is 2. The molecule has 0 rings (SSSR count). The van der Waals surface area contributed by atoms with E-state index in [1.807, 2.05) is 19.9 Å². The Kier molecular flexibility index (Phi) is 9.60. The van der Waals surface area contributed by atoms with Crippen molar-refractivity contribution in [2.75, 3.05) is 13.1 Å². The third-order valence-electron chi connectivity index (χ3n) is 2.98. The number of nitriles is 1. The van der Waals surface area contributed by atoms with Gasteiger partial charge in [-0.3, -0.25) is 4.79 Å². The van der Waals surface area contributed by atoms with Crippen molar-refractivity contribution < 1.29 is 4.79 Å². The molecule has 0 aliphatic carbocycles. The van der Waals surface area contributed by atoms with Crippen molar-refractivity contribution in [2.45, 2.75) is 59.4 Å². The van der Waals surface area contributed by atoms with E-state index in [0.717, 1.165) is 38.8 Å². The maximum absolute atomic E-state index is 11.9. The van der Waals surface area contributed by atoms with Gasteiger partial charge in [-0.2, -0.15) is 5.26 Å². The standard InChI is InChI=1S/C15H27N3O/c1-5-8-10-18(9-6-2)12-14(11-16)15(19)17-13(4)7-3/h12-13H,5-10H2,1-4H3,(H,17,19)/b14-12-. The zero-order chi connectivity index (χ0) is 14.7. The second-order valence-electron chi connectivity index (χ2n) is 4.83. The van der Waals surface area contributed by atoms with Crippen LogP contribution in [0.3, 0.4) is 0 Å². The molecular weight excluding hydrogens is 238 g/mol. The van der Waals surface area contributed by atoms with E-state index in [2.05, 4.69) is 24.1 Å². The summed E-state index contributed by atoms with van der Waals surface area (Å²) in [7, 11) is 0. The van der Waals surface area contributed by atoms with Crippen molar-refractivity contribution in [3.05, 3.63) is 11.8 Å². The predicted molar refractivity (Wildman–Crippen MR) is 78.4 cm³/mol. The van der Waals surface area contributed by atoms with Crippen molar-refractivity contribution in [3.8, 4) is 6.07 Å². The molecular formula is C15H27N3O. The first kappa shape index (κ1) is 17.5. The van der Waals surface area contributed by atoms with Crippen molar-refractivity contribution in [2.24, 2.45) is 0 Å². The summed E-state index contributed by atoms with van der Waals surface area (Å²) >= 11 is 0. The summed E-state index contributed by atoms with van der Waals surface area (Å²) < 4.78 is 0. The van der Waals surface area contributed by atoms with E-state index in [9.17, 15) is 4.79 Å². The van der Waals surface area contributed by atoms with Gasteiger partial charge in [0.15, 0.2) is 0 Å². The summed E-state index contributed by atoms with van der Waals surface area (Å²) in [5.74, 6) is -0.269. The van der Waals surface area contributed by atoms with E-state index in [0.29, 0.717) is 0 Å². The van der Waals surface area contributed by atoms with Crippen LogP contribution < -0.4 is 5.32 Å². The summed E-state index contributed by atoms with van der Waals surface area (Å²) in [5, 5.41) is 11.9. The molecule has 19 heavy (non-hydrogen) atoms. The molecule has 0 aliphatic rings. The topological polar surface area (TPSA) is 56.1 Å². The molecule has 1 atom stereocenters. The molecule has 1 unspecified atom stereocenters. The summed E-state index contributed by atoms with van der Waals surface area (Å²) in [6.45, 7) is 9.94. The van der Waals surface area contributed by atoms with Crippen LogP contribution in [0.5, 0.6) is 0 Å². The normalized spacial score (nSPS) is 12.7. The van der Waals surface area contributed by atoms with E-state index in [1.54, 1.807) is 6.20 Å². The lowest BCUT2D eigenvalue weighted by atomic mass is 10.2. The predicted octanol–water partition coefficient (Wildman–Crippen LogP) is 2.82. The van der Waals surface area contributed by atoms with Gasteiger partial charge in [-0.1, -0.05) is 27.2 Å². The van der Waals surface area contributed by atoms with Crippen molar-refractivity contribution >= 4 is 5.91 Å². The minimum Gasteiger partial charge on any atom is -0.376 e. The average molecular weight is 265 g/mol. The molecule has 0 aromatic carbocycles. The number of hydrogen-bond donors (Lipinski definition) is 1. The molecule has 4 nitrogen and oxygen atoms in total. The van der Waals surface area contributed by atoms with Crippen LogP contribution in [0.2, 0.25) is 0 Å². The zero-order valence-electron chi connectivity index (χ0n) is 12.7. The molecule has 0 aromatic rings. The Morgan fingerprint density at radius 3 is 2.47 bits per heavy atom. The molecule has 0 aliphatic heterocycles. The fraction of sp³-hybridized carbons (Fsp3) is 0.733. The first-order valence-electron chi connectivity index (χ1n) is 7.25. The van der Waals surface area contributed by atoms with Crippen LogP contribution in [0.4, 0.5) is 0 Å². The summed E-state index contributed by atoms with van der Waals surface area (Å²) in [6.07, 6.45) is 5.75. The lowest BCUT2D eigenvalue weighted by Crippen LogP contribution is -2.33. The van der Waals surface area contributed by atoms with Gasteiger partial charge in [0.25, 0.3) is 5.91 Å². The molecule has 0 aromatic heterocycles. The van der Waals surface area contributed by atoms with Gasteiger partial charge in [-0.25, -0.2) is 0 Å². The number of amides is 1. The van der Waals surface area contributed by atoms with E-state index >= 15 is 0 Å². The highest BCUT2D eigenvalue weighted by molar-refractivity contribution is 5.97. The lowest BCUT2D eigenvalue weighted by Gasteiger charge is -2.20. The Hall–Kier alpha value is -1.50. The van der Waals surface area contributed by atoms with Gasteiger partial charge in [-0.15, -0.1) is 0 Å². The Balaban J connectivity index is 4.72. The smallest absolute Gasteiger partial charge is 0.263 e. The van der Waals surface area contributed by atoms with Gasteiger partial charge >= 0.3 is 0 Å². The Morgan fingerprint density at radius 2 is 2.00 bits per heavy atom. The second kappa shape index (κ2) is 10.4. The van der Waals surface area contributed by atoms with Crippen LogP contribution in [-0.4, -0.2) is 29.9 Å². The highest BCUT2D eigenvalue weighted by Gasteiger charge is 2.12. The van der Waals surface area contributed by atoms with Crippen LogP contribution >= 0.6 is 0 Å². The maximum atomic E-state index is 11.9. The minimum atomic E-state index is -0.269. The van der Waals surface area contributed by atoms with Crippen LogP contribution in [-0.2, 0) is 4.79 Å². The fourth-order valence-corrected chi connectivity index (χ4v) is 1.61. The van der Waals surface area contributed by atoms with Crippen molar-refractivity contribution in [3.63, 3.8) is 0 Å². The minimum absolute atomic E-state index is 0.0968. The molecule has 1 N–H and O–H groups in total. The van der Waals surface area contributed by atoms with Gasteiger partial charge < -0.3 is 10.2 Å². The van der Waals surface area contributed by atoms with Gasteiger partial charge in [0.1, 0.15) is 11.6 Å². The summed E-state index contributed by atoms with van der Waals surface area (Å²) in [4.78, 5) is 14.0. The van der Waals surface area contributed by atoms with E-state index in [1.165, 1.54) is 0 Å². The van der Waals surface area contributed by atoms with Crippen LogP contribution in [0.1, 0.15) is 53.4 Å². The Labute approximate surface area is 117 Å². The Bertz CT molecular complexity index is 331. The maximum Gasteiger partial charge on any atom is 0.263 e. The number of carbonyl (C=O) groups is 1. The lowest BCUT2D eigenvalue weighted by molar-refractivity contribution is -0.117. The molecule has 0 saturated carbocycles. The summed E-state index contributed by atoms with van der Waals surface area (Å²) in [5.41, 5.74) is 0.199. The van der Waals surface area contributed by atoms with Gasteiger partial charge in [0.2, 0.25) is 0 Å². The van der Waals surface area contributed by atoms with Gasteiger partial charge in [0, 0.05) is 25.3 Å². The number of unbranched alkanes of at least 4 members (excludes halogenated alkanes) is 1. The molecule has 0 fully saturated rings. The zero-order valence-corrected chi connectivity index (χ0v) is 12.7. The van der Waals surface area contributed by atoms with E-state index in [-0.39, 0.29) is 17.5 Å². The molecule has 1 amide bonds. The molecule has 0 saturated heterocycles. The fourth-order valence-electron chi connectivity index (χ4n) is 1.61. The average Bonchev–Trinajstić information content (AvgIpc) is 2.41. The van der Waals surface area contributed by atoms with E-state index < -0.39 is 0 Å². The van der Waals surface area contributed by atoms with E-state index in [4.69, 9.17) is 5.26 Å². The quantitative estimate of drug-likeness (QED) is 0.515. The third kappa shape index (κ3) is 7.50. The van der Waals surface area contributed by atoms with Crippen LogP contribution in [0, 0.1) is 11.3 Å². The number of carbonyl (C=O) groups excluding carboxylic acids is 1. The number of hydrogen-bond acceptors (Lipinski definition) is 3. The highest BCUT2D eigenvalue weighted by Crippen LogP contribution is 2.03. The molecule has 108 valence electrons. The number of rotatable bonds is 9. The third-order valence-corrected chi connectivity index (χ3v) is 2.98. The van der Waals surface area contributed by atoms with Crippen LogP contribution in [0.15, 0.2) is 11.8 Å². The van der Waals surface area contributed by atoms with Crippen molar-refractivity contribution in [1.29, 1.82) is 5.26 Å². The SMILES string of the molecule is CCCCN(/C=C(/C#N)C(=O)NC(C)CC)CCC. The van der Waals surface area contributed by atoms with Crippen LogP contribution in [0.25, 0.3) is 0 Å². The largest absolute Gasteiger partial charge is 0.376 e. The van der Waals surface area contributed by atoms with Gasteiger partial charge in [-0.05, 0) is 26.2 Å². The molecule has 0 spiro atoms. The van der Waals surface area contributed by atoms with Crippen molar-refractivity contribution in [1.82, 2.24) is 10.2 Å². The molecule has 0 heterocycles. The molecule has 4 heteroatoms. The monoisotopic (exact) mass is 265 g/mol. The molecule has 0 radical (unpaired) electrons.